The maximum Gasteiger partial charge on any atom is 0.234 e. The number of hydrogen-bond acceptors (Lipinski definition) is 6. The molecule has 0 aliphatic heterocycles. The number of thioether (sulfide) groups is 2. The Kier molecular flexibility index (Phi) is 6.54. The van der Waals surface area contributed by atoms with Crippen LogP contribution in [-0.4, -0.2) is 34.6 Å². The van der Waals surface area contributed by atoms with Gasteiger partial charge in [0.25, 0.3) is 0 Å². The van der Waals surface area contributed by atoms with Crippen molar-refractivity contribution in [2.45, 2.75) is 4.34 Å². The van der Waals surface area contributed by atoms with Crippen molar-refractivity contribution in [2.75, 3.05) is 28.4 Å². The van der Waals surface area contributed by atoms with E-state index in [9.17, 15) is 9.59 Å². The highest BCUT2D eigenvalue weighted by atomic mass is 32.2. The van der Waals surface area contributed by atoms with E-state index in [2.05, 4.69) is 15.6 Å². The van der Waals surface area contributed by atoms with Crippen molar-refractivity contribution in [3.63, 3.8) is 0 Å². The van der Waals surface area contributed by atoms with Gasteiger partial charge in [-0.05, 0) is 36.6 Å². The van der Waals surface area contributed by atoms with Crippen LogP contribution in [0.4, 0.5) is 11.4 Å². The Labute approximate surface area is 164 Å². The first-order chi connectivity index (χ1) is 12.6. The van der Waals surface area contributed by atoms with Gasteiger partial charge in [-0.3, -0.25) is 9.59 Å². The van der Waals surface area contributed by atoms with Crippen LogP contribution in [0.15, 0.2) is 52.9 Å². The van der Waals surface area contributed by atoms with Crippen LogP contribution in [0, 0.1) is 0 Å². The topological polar surface area (TPSA) is 71.1 Å². The summed E-state index contributed by atoms with van der Waals surface area (Å²) in [6.07, 6.45) is 1.99. The van der Waals surface area contributed by atoms with Gasteiger partial charge in [-0.15, -0.1) is 23.1 Å². The summed E-state index contributed by atoms with van der Waals surface area (Å²) in [5.74, 6) is 0.202. The number of benzene rings is 2. The molecule has 0 radical (unpaired) electrons. The molecule has 1 aromatic heterocycles. The SMILES string of the molecule is CSc1nc2ccc(NC(=O)CSCC(=O)Nc3ccccc3)cc2s1. The van der Waals surface area contributed by atoms with Gasteiger partial charge >= 0.3 is 0 Å². The lowest BCUT2D eigenvalue weighted by atomic mass is 10.3. The zero-order chi connectivity index (χ0) is 18.4. The molecule has 0 fully saturated rings. The van der Waals surface area contributed by atoms with Crippen LogP contribution in [0.3, 0.4) is 0 Å². The van der Waals surface area contributed by atoms with Crippen LogP contribution in [-0.2, 0) is 9.59 Å². The first kappa shape index (κ1) is 18.8. The highest BCUT2D eigenvalue weighted by molar-refractivity contribution is 8.00. The maximum absolute atomic E-state index is 12.1. The number of rotatable bonds is 7. The van der Waals surface area contributed by atoms with Crippen LogP contribution < -0.4 is 10.6 Å². The molecule has 1 heterocycles. The van der Waals surface area contributed by atoms with Gasteiger partial charge in [0.15, 0.2) is 4.34 Å². The molecule has 3 aromatic rings. The van der Waals surface area contributed by atoms with Crippen molar-refractivity contribution in [1.29, 1.82) is 0 Å². The van der Waals surface area contributed by atoms with E-state index in [-0.39, 0.29) is 23.3 Å². The fourth-order valence-corrected chi connectivity index (χ4v) is 4.37. The van der Waals surface area contributed by atoms with Gasteiger partial charge in [-0.25, -0.2) is 4.98 Å². The molecule has 2 amide bonds. The first-order valence-corrected chi connectivity index (χ1v) is 11.0. The van der Waals surface area contributed by atoms with Crippen molar-refractivity contribution in [2.24, 2.45) is 0 Å². The smallest absolute Gasteiger partial charge is 0.234 e. The Morgan fingerprint density at radius 3 is 2.38 bits per heavy atom. The number of carbonyl (C=O) groups is 2. The van der Waals surface area contributed by atoms with Gasteiger partial charge in [0, 0.05) is 11.4 Å². The fourth-order valence-electron chi connectivity index (χ4n) is 2.22. The summed E-state index contributed by atoms with van der Waals surface area (Å²) < 4.78 is 2.05. The number of nitrogens with one attached hydrogen (secondary N) is 2. The van der Waals surface area contributed by atoms with Crippen molar-refractivity contribution >= 4 is 68.3 Å². The molecule has 2 aromatic carbocycles. The van der Waals surface area contributed by atoms with E-state index in [1.165, 1.54) is 11.8 Å². The van der Waals surface area contributed by atoms with E-state index in [1.807, 2.05) is 54.8 Å². The van der Waals surface area contributed by atoms with Gasteiger partial charge in [0.05, 0.1) is 21.7 Å². The normalized spacial score (nSPS) is 10.7. The maximum atomic E-state index is 12.1. The van der Waals surface area contributed by atoms with E-state index >= 15 is 0 Å². The summed E-state index contributed by atoms with van der Waals surface area (Å²) in [5.41, 5.74) is 2.43. The van der Waals surface area contributed by atoms with Gasteiger partial charge < -0.3 is 10.6 Å². The molecule has 0 aliphatic rings. The van der Waals surface area contributed by atoms with Crippen LogP contribution in [0.2, 0.25) is 0 Å². The summed E-state index contributed by atoms with van der Waals surface area (Å²) in [6, 6.07) is 14.9. The molecule has 0 saturated heterocycles. The molecular formula is C18H17N3O2S3. The zero-order valence-electron chi connectivity index (χ0n) is 14.0. The number of aromatic nitrogens is 1. The molecule has 8 heteroatoms. The minimum atomic E-state index is -0.128. The number of para-hydroxylation sites is 1. The molecule has 3 rings (SSSR count). The second-order valence-electron chi connectivity index (χ2n) is 5.32. The van der Waals surface area contributed by atoms with Gasteiger partial charge in [-0.2, -0.15) is 0 Å². The molecule has 0 atom stereocenters. The van der Waals surface area contributed by atoms with Gasteiger partial charge in [0.2, 0.25) is 11.8 Å². The third-order valence-electron chi connectivity index (χ3n) is 3.35. The molecular weight excluding hydrogens is 386 g/mol. The van der Waals surface area contributed by atoms with Crippen LogP contribution in [0.1, 0.15) is 0 Å². The number of fused-ring (bicyclic) bond motifs is 1. The van der Waals surface area contributed by atoms with E-state index in [0.29, 0.717) is 0 Å². The lowest BCUT2D eigenvalue weighted by Crippen LogP contribution is -2.18. The third kappa shape index (κ3) is 5.23. The predicted molar refractivity (Wildman–Crippen MR) is 112 cm³/mol. The molecule has 0 bridgehead atoms. The molecule has 0 saturated carbocycles. The Hall–Kier alpha value is -2.03. The largest absolute Gasteiger partial charge is 0.325 e. The standard InChI is InChI=1S/C18H17N3O2S3/c1-24-18-21-14-8-7-13(9-15(14)26-18)20-17(23)11-25-10-16(22)19-12-5-3-2-4-6-12/h2-9H,10-11H2,1H3,(H,19,22)(H,20,23). The average molecular weight is 404 g/mol. The Bertz CT molecular complexity index is 912. The van der Waals surface area contributed by atoms with Gasteiger partial charge in [-0.1, -0.05) is 30.0 Å². The van der Waals surface area contributed by atoms with Crippen molar-refractivity contribution in [3.8, 4) is 0 Å². The van der Waals surface area contributed by atoms with E-state index in [1.54, 1.807) is 23.1 Å². The summed E-state index contributed by atoms with van der Waals surface area (Å²) in [7, 11) is 0. The summed E-state index contributed by atoms with van der Waals surface area (Å²) in [6.45, 7) is 0. The summed E-state index contributed by atoms with van der Waals surface area (Å²) in [4.78, 5) is 28.4. The Balaban J connectivity index is 1.46. The minimum Gasteiger partial charge on any atom is -0.325 e. The van der Waals surface area contributed by atoms with E-state index < -0.39 is 0 Å². The number of thiazole rings is 1. The minimum absolute atomic E-state index is 0.121. The second kappa shape index (κ2) is 9.07. The number of anilines is 2. The third-order valence-corrected chi connectivity index (χ3v) is 6.29. The molecule has 0 aliphatic carbocycles. The number of nitrogens with zero attached hydrogens (tertiary/aromatic N) is 1. The van der Waals surface area contributed by atoms with Crippen molar-refractivity contribution < 1.29 is 9.59 Å². The highest BCUT2D eigenvalue weighted by Crippen LogP contribution is 2.30. The zero-order valence-corrected chi connectivity index (χ0v) is 16.5. The van der Waals surface area contributed by atoms with E-state index in [4.69, 9.17) is 0 Å². The number of hydrogen-bond donors (Lipinski definition) is 2. The number of carbonyl (C=O) groups excluding carboxylic acids is 2. The molecule has 134 valence electrons. The monoisotopic (exact) mass is 403 g/mol. The molecule has 5 nitrogen and oxygen atoms in total. The van der Waals surface area contributed by atoms with E-state index in [0.717, 1.165) is 25.9 Å². The molecule has 2 N–H and O–H groups in total. The van der Waals surface area contributed by atoms with Crippen LogP contribution in [0.5, 0.6) is 0 Å². The highest BCUT2D eigenvalue weighted by Gasteiger charge is 2.08. The van der Waals surface area contributed by atoms with Crippen LogP contribution >= 0.6 is 34.9 Å². The second-order valence-corrected chi connectivity index (χ2v) is 8.39. The quantitative estimate of drug-likeness (QED) is 0.575. The Morgan fingerprint density at radius 2 is 1.69 bits per heavy atom. The number of amides is 2. The van der Waals surface area contributed by atoms with Crippen molar-refractivity contribution in [1.82, 2.24) is 4.98 Å². The lowest BCUT2D eigenvalue weighted by Gasteiger charge is -2.06. The first-order valence-electron chi connectivity index (χ1n) is 7.81. The summed E-state index contributed by atoms with van der Waals surface area (Å²) in [5, 5.41) is 5.66. The van der Waals surface area contributed by atoms with Crippen LogP contribution in [0.25, 0.3) is 10.2 Å². The fraction of sp³-hybridized carbons (Fsp3) is 0.167. The molecule has 0 spiro atoms. The Morgan fingerprint density at radius 1 is 1.00 bits per heavy atom. The predicted octanol–water partition coefficient (Wildman–Crippen LogP) is 4.33. The molecule has 26 heavy (non-hydrogen) atoms. The average Bonchev–Trinajstić information content (AvgIpc) is 3.05. The molecule has 0 unspecified atom stereocenters. The van der Waals surface area contributed by atoms with Gasteiger partial charge in [0.1, 0.15) is 0 Å². The lowest BCUT2D eigenvalue weighted by molar-refractivity contribution is -0.114. The van der Waals surface area contributed by atoms with Crippen molar-refractivity contribution in [3.05, 3.63) is 48.5 Å². The summed E-state index contributed by atoms with van der Waals surface area (Å²) >= 11 is 4.49.